The molecule has 2 N–H and O–H groups in total. The fourth-order valence-electron chi connectivity index (χ4n) is 5.93. The van der Waals surface area contributed by atoms with Gasteiger partial charge in [-0.1, -0.05) is 23.7 Å². The summed E-state index contributed by atoms with van der Waals surface area (Å²) in [6.45, 7) is 4.68. The van der Waals surface area contributed by atoms with Crippen LogP contribution in [0.2, 0.25) is 5.02 Å². The fourth-order valence-corrected chi connectivity index (χ4v) is 6.29. The number of anilines is 1. The Bertz CT molecular complexity index is 1370. The number of halogens is 2. The predicted octanol–water partition coefficient (Wildman–Crippen LogP) is 4.54. The van der Waals surface area contributed by atoms with Gasteiger partial charge in [0.05, 0.1) is 22.7 Å². The maximum atomic E-state index is 13.7. The number of nitrogens with one attached hydrogen (secondary N) is 1. The standard InChI is InChI=1S/C30H33ClFN3O4/c31-28-23-6-5-22(32)15-19(23)3-7-25(28)35-12-9-21(17-35)30(37)33-24(18-34-10-1-2-11-34)29(36)20-4-8-26-27(16-20)39-14-13-38-26/h3-8,15-16,21,24,29,36H,1-2,9-14,17-18H2,(H,33,37). The van der Waals surface area contributed by atoms with E-state index in [0.29, 0.717) is 61.4 Å². The highest BCUT2D eigenvalue weighted by molar-refractivity contribution is 6.38. The Morgan fingerprint density at radius 3 is 2.67 bits per heavy atom. The number of hydrogen-bond acceptors (Lipinski definition) is 6. The Hall–Kier alpha value is -3.07. The number of carbonyl (C=O) groups excluding carboxylic acids is 1. The van der Waals surface area contributed by atoms with Gasteiger partial charge in [-0.3, -0.25) is 4.79 Å². The van der Waals surface area contributed by atoms with E-state index in [1.54, 1.807) is 6.07 Å². The number of aliphatic hydroxyl groups excluding tert-OH is 1. The van der Waals surface area contributed by atoms with Crippen LogP contribution in [0.5, 0.6) is 11.5 Å². The molecule has 3 aromatic carbocycles. The van der Waals surface area contributed by atoms with E-state index in [9.17, 15) is 14.3 Å². The second-order valence-electron chi connectivity index (χ2n) is 10.7. The number of aliphatic hydroxyl groups is 1. The van der Waals surface area contributed by atoms with Crippen LogP contribution >= 0.6 is 11.6 Å². The van der Waals surface area contributed by atoms with Crippen LogP contribution < -0.4 is 19.7 Å². The Labute approximate surface area is 232 Å². The second-order valence-corrected chi connectivity index (χ2v) is 11.0. The fraction of sp³-hybridized carbons (Fsp3) is 0.433. The zero-order valence-corrected chi connectivity index (χ0v) is 22.5. The average Bonchev–Trinajstić information content (AvgIpc) is 3.65. The molecule has 3 aliphatic heterocycles. The molecule has 0 saturated carbocycles. The summed E-state index contributed by atoms with van der Waals surface area (Å²) in [4.78, 5) is 17.9. The van der Waals surface area contributed by atoms with Gasteiger partial charge in [0.15, 0.2) is 11.5 Å². The van der Waals surface area contributed by atoms with Crippen LogP contribution in [0.15, 0.2) is 48.5 Å². The first-order chi connectivity index (χ1) is 19.0. The molecular weight excluding hydrogens is 521 g/mol. The molecule has 0 bridgehead atoms. The number of ether oxygens (including phenoxy) is 2. The van der Waals surface area contributed by atoms with Gasteiger partial charge < -0.3 is 29.7 Å². The lowest BCUT2D eigenvalue weighted by Crippen LogP contribution is -2.48. The summed E-state index contributed by atoms with van der Waals surface area (Å²) in [5.74, 6) is 0.674. The van der Waals surface area contributed by atoms with Gasteiger partial charge in [0, 0.05) is 25.0 Å². The minimum absolute atomic E-state index is 0.0720. The van der Waals surface area contributed by atoms with Crippen LogP contribution in [-0.4, -0.2) is 67.9 Å². The molecule has 1 amide bonds. The molecule has 3 aromatic rings. The highest BCUT2D eigenvalue weighted by Gasteiger charge is 2.34. The van der Waals surface area contributed by atoms with E-state index in [4.69, 9.17) is 21.1 Å². The van der Waals surface area contributed by atoms with E-state index >= 15 is 0 Å². The summed E-state index contributed by atoms with van der Waals surface area (Å²) in [5, 5.41) is 16.7. The van der Waals surface area contributed by atoms with E-state index in [1.807, 2.05) is 30.3 Å². The predicted molar refractivity (Wildman–Crippen MR) is 149 cm³/mol. The molecule has 0 spiro atoms. The van der Waals surface area contributed by atoms with Crippen molar-refractivity contribution >= 4 is 34.0 Å². The molecule has 3 heterocycles. The molecule has 3 unspecified atom stereocenters. The van der Waals surface area contributed by atoms with Gasteiger partial charge in [0.25, 0.3) is 0 Å². The smallest absolute Gasteiger partial charge is 0.225 e. The third-order valence-corrected chi connectivity index (χ3v) is 8.46. The van der Waals surface area contributed by atoms with E-state index in [-0.39, 0.29) is 17.6 Å². The van der Waals surface area contributed by atoms with Crippen molar-refractivity contribution in [3.8, 4) is 11.5 Å². The molecule has 7 nitrogen and oxygen atoms in total. The second kappa shape index (κ2) is 11.2. The molecule has 2 fully saturated rings. The number of hydrogen-bond donors (Lipinski definition) is 2. The van der Waals surface area contributed by atoms with Crippen molar-refractivity contribution in [1.29, 1.82) is 0 Å². The maximum absolute atomic E-state index is 13.7. The molecule has 206 valence electrons. The Morgan fingerprint density at radius 1 is 1.05 bits per heavy atom. The normalized spacial score (nSPS) is 20.8. The maximum Gasteiger partial charge on any atom is 0.225 e. The van der Waals surface area contributed by atoms with Crippen LogP contribution in [-0.2, 0) is 4.79 Å². The molecule has 0 aromatic heterocycles. The number of nitrogens with zero attached hydrogens (tertiary/aromatic N) is 2. The first-order valence-electron chi connectivity index (χ1n) is 13.7. The first-order valence-corrected chi connectivity index (χ1v) is 14.1. The number of likely N-dealkylation sites (tertiary alicyclic amines) is 1. The van der Waals surface area contributed by atoms with Gasteiger partial charge in [0.2, 0.25) is 5.91 Å². The highest BCUT2D eigenvalue weighted by atomic mass is 35.5. The van der Waals surface area contributed by atoms with E-state index in [0.717, 1.165) is 42.4 Å². The van der Waals surface area contributed by atoms with Crippen molar-refractivity contribution in [3.63, 3.8) is 0 Å². The zero-order valence-electron chi connectivity index (χ0n) is 21.7. The van der Waals surface area contributed by atoms with Gasteiger partial charge in [-0.05, 0) is 79.7 Å². The molecule has 39 heavy (non-hydrogen) atoms. The molecule has 0 radical (unpaired) electrons. The molecule has 3 atom stereocenters. The van der Waals surface area contributed by atoms with Crippen molar-refractivity contribution in [2.45, 2.75) is 31.4 Å². The SMILES string of the molecule is O=C(NC(CN1CCCC1)C(O)c1ccc2c(c1)OCCO2)C1CCN(c2ccc3cc(F)ccc3c2Cl)C1. The van der Waals surface area contributed by atoms with Gasteiger partial charge in [0.1, 0.15) is 25.1 Å². The zero-order chi connectivity index (χ0) is 26.9. The molecular formula is C30H33ClFN3O4. The Morgan fingerprint density at radius 2 is 1.85 bits per heavy atom. The largest absolute Gasteiger partial charge is 0.486 e. The summed E-state index contributed by atoms with van der Waals surface area (Å²) < 4.78 is 25.0. The Kier molecular flexibility index (Phi) is 7.51. The number of amides is 1. The van der Waals surface area contributed by atoms with Crippen molar-refractivity contribution in [2.24, 2.45) is 5.92 Å². The van der Waals surface area contributed by atoms with Crippen LogP contribution in [0.4, 0.5) is 10.1 Å². The minimum Gasteiger partial charge on any atom is -0.486 e. The summed E-state index contributed by atoms with van der Waals surface area (Å²) in [5.41, 5.74) is 1.53. The van der Waals surface area contributed by atoms with Gasteiger partial charge in [-0.25, -0.2) is 4.39 Å². The number of fused-ring (bicyclic) bond motifs is 2. The Balaban J connectivity index is 1.17. The summed E-state index contributed by atoms with van der Waals surface area (Å²) in [6, 6.07) is 13.3. The van der Waals surface area contributed by atoms with Crippen LogP contribution in [0.1, 0.15) is 30.9 Å². The van der Waals surface area contributed by atoms with Crippen molar-refractivity contribution in [1.82, 2.24) is 10.2 Å². The third kappa shape index (κ3) is 5.51. The topological polar surface area (TPSA) is 74.3 Å². The molecule has 0 aliphatic carbocycles. The van der Waals surface area contributed by atoms with Gasteiger partial charge in [-0.2, -0.15) is 0 Å². The minimum atomic E-state index is -0.891. The summed E-state index contributed by atoms with van der Waals surface area (Å²) >= 11 is 6.72. The lowest BCUT2D eigenvalue weighted by Gasteiger charge is -2.30. The number of rotatable bonds is 7. The highest BCUT2D eigenvalue weighted by Crippen LogP contribution is 2.37. The third-order valence-electron chi connectivity index (χ3n) is 8.07. The van der Waals surface area contributed by atoms with Crippen molar-refractivity contribution in [2.75, 3.05) is 50.8 Å². The number of carbonyl (C=O) groups is 1. The lowest BCUT2D eigenvalue weighted by atomic mass is 9.99. The lowest BCUT2D eigenvalue weighted by molar-refractivity contribution is -0.126. The summed E-state index contributed by atoms with van der Waals surface area (Å²) in [6.07, 6.45) is 2.04. The average molecular weight is 554 g/mol. The van der Waals surface area contributed by atoms with E-state index < -0.39 is 12.1 Å². The van der Waals surface area contributed by atoms with Crippen LogP contribution in [0.25, 0.3) is 10.8 Å². The molecule has 9 heteroatoms. The van der Waals surface area contributed by atoms with Gasteiger partial charge >= 0.3 is 0 Å². The van der Waals surface area contributed by atoms with Gasteiger partial charge in [-0.15, -0.1) is 0 Å². The number of benzene rings is 3. The van der Waals surface area contributed by atoms with E-state index in [1.165, 1.54) is 12.1 Å². The van der Waals surface area contributed by atoms with Crippen LogP contribution in [0, 0.1) is 11.7 Å². The molecule has 6 rings (SSSR count). The molecule has 3 aliphatic rings. The monoisotopic (exact) mass is 553 g/mol. The van der Waals surface area contributed by atoms with Crippen molar-refractivity contribution in [3.05, 3.63) is 64.9 Å². The first kappa shape index (κ1) is 26.2. The quantitative estimate of drug-likeness (QED) is 0.447. The molecule has 2 saturated heterocycles. The van der Waals surface area contributed by atoms with E-state index in [2.05, 4.69) is 15.1 Å². The van der Waals surface area contributed by atoms with Crippen LogP contribution in [0.3, 0.4) is 0 Å². The summed E-state index contributed by atoms with van der Waals surface area (Å²) in [7, 11) is 0. The van der Waals surface area contributed by atoms with Crippen molar-refractivity contribution < 1.29 is 23.8 Å².